The van der Waals surface area contributed by atoms with Crippen LogP contribution in [-0.4, -0.2) is 40.2 Å². The van der Waals surface area contributed by atoms with Crippen LogP contribution in [0.4, 0.5) is 13.2 Å². The van der Waals surface area contributed by atoms with E-state index in [1.807, 2.05) is 0 Å². The van der Waals surface area contributed by atoms with Crippen LogP contribution in [0, 0.1) is 19.7 Å². The molecule has 1 amide bonds. The number of alkyl halides is 2. The molecule has 8 heteroatoms. The van der Waals surface area contributed by atoms with Crippen molar-refractivity contribution in [3.05, 3.63) is 52.6 Å². The molecule has 0 spiro atoms. The molecule has 1 aromatic carbocycles. The van der Waals surface area contributed by atoms with E-state index in [-0.39, 0.29) is 24.2 Å². The van der Waals surface area contributed by atoms with Gasteiger partial charge < -0.3 is 10.2 Å². The summed E-state index contributed by atoms with van der Waals surface area (Å²) in [6.45, 7) is 2.04. The van der Waals surface area contributed by atoms with Crippen molar-refractivity contribution in [1.29, 1.82) is 0 Å². The van der Waals surface area contributed by atoms with Gasteiger partial charge in [0, 0.05) is 30.9 Å². The lowest BCUT2D eigenvalue weighted by Gasteiger charge is -2.36. The molecule has 1 atom stereocenters. The second-order valence-corrected chi connectivity index (χ2v) is 6.41. The Morgan fingerprint density at radius 3 is 2.81 bits per heavy atom. The molecule has 1 aromatic heterocycles. The fourth-order valence-electron chi connectivity index (χ4n) is 3.41. The Bertz CT molecular complexity index is 806. The van der Waals surface area contributed by atoms with E-state index < -0.39 is 6.55 Å². The summed E-state index contributed by atoms with van der Waals surface area (Å²) in [6.07, 6.45) is -0.00377. The lowest BCUT2D eigenvalue weighted by Crippen LogP contribution is -2.49. The SMILES string of the molecule is Cc1nn(C(F)F)c(C)c1CC(=O)N1CCNCC1c1cccc(F)c1. The van der Waals surface area contributed by atoms with Crippen LogP contribution in [0.2, 0.25) is 0 Å². The Morgan fingerprint density at radius 1 is 1.38 bits per heavy atom. The normalized spacial score (nSPS) is 17.8. The highest BCUT2D eigenvalue weighted by Gasteiger charge is 2.29. The Kier molecular flexibility index (Phi) is 5.31. The molecule has 2 aromatic rings. The third kappa shape index (κ3) is 3.60. The number of piperazine rings is 1. The lowest BCUT2D eigenvalue weighted by molar-refractivity contribution is -0.133. The summed E-state index contributed by atoms with van der Waals surface area (Å²) in [6, 6.07) is 5.88. The molecule has 0 aliphatic carbocycles. The van der Waals surface area contributed by atoms with E-state index in [1.54, 1.807) is 24.0 Å². The van der Waals surface area contributed by atoms with Crippen LogP contribution in [0.3, 0.4) is 0 Å². The lowest BCUT2D eigenvalue weighted by atomic mass is 10.0. The molecule has 1 aliphatic heterocycles. The molecule has 0 bridgehead atoms. The Balaban J connectivity index is 1.84. The summed E-state index contributed by atoms with van der Waals surface area (Å²) in [5.41, 5.74) is 1.95. The summed E-state index contributed by atoms with van der Waals surface area (Å²) in [5.74, 6) is -0.536. The van der Waals surface area contributed by atoms with Crippen molar-refractivity contribution in [3.8, 4) is 0 Å². The predicted molar refractivity (Wildman–Crippen MR) is 90.4 cm³/mol. The number of hydrogen-bond donors (Lipinski definition) is 1. The second-order valence-electron chi connectivity index (χ2n) is 6.41. The number of hydrogen-bond acceptors (Lipinski definition) is 3. The molecule has 2 heterocycles. The second kappa shape index (κ2) is 7.49. The number of carbonyl (C=O) groups excluding carboxylic acids is 1. The first kappa shape index (κ1) is 18.4. The van der Waals surface area contributed by atoms with Crippen molar-refractivity contribution in [2.45, 2.75) is 32.9 Å². The van der Waals surface area contributed by atoms with E-state index in [9.17, 15) is 18.0 Å². The third-order valence-electron chi connectivity index (χ3n) is 4.78. The highest BCUT2D eigenvalue weighted by Crippen LogP contribution is 2.25. The average Bonchev–Trinajstić information content (AvgIpc) is 2.90. The molecule has 0 saturated carbocycles. The summed E-state index contributed by atoms with van der Waals surface area (Å²) < 4.78 is 40.2. The molecule has 26 heavy (non-hydrogen) atoms. The third-order valence-corrected chi connectivity index (χ3v) is 4.78. The minimum atomic E-state index is -2.74. The molecule has 1 N–H and O–H groups in total. The van der Waals surface area contributed by atoms with E-state index in [4.69, 9.17) is 0 Å². The van der Waals surface area contributed by atoms with E-state index in [1.165, 1.54) is 19.1 Å². The van der Waals surface area contributed by atoms with Crippen molar-refractivity contribution in [2.75, 3.05) is 19.6 Å². The standard InChI is InChI=1S/C18H21F3N4O/c1-11-15(12(2)25(23-11)18(20)21)9-17(26)24-7-6-22-10-16(24)13-4-3-5-14(19)8-13/h3-5,8,16,18,22H,6-7,9-10H2,1-2H3. The Morgan fingerprint density at radius 2 is 2.15 bits per heavy atom. The number of nitrogens with one attached hydrogen (secondary N) is 1. The van der Waals surface area contributed by atoms with Gasteiger partial charge in [-0.15, -0.1) is 0 Å². The number of nitrogens with zero attached hydrogens (tertiary/aromatic N) is 3. The number of rotatable bonds is 4. The van der Waals surface area contributed by atoms with Gasteiger partial charge in [-0.05, 0) is 31.5 Å². The number of carbonyl (C=O) groups is 1. The minimum Gasteiger partial charge on any atom is -0.333 e. The van der Waals surface area contributed by atoms with E-state index >= 15 is 0 Å². The number of halogens is 3. The van der Waals surface area contributed by atoms with E-state index in [2.05, 4.69) is 10.4 Å². The molecule has 1 aliphatic rings. The van der Waals surface area contributed by atoms with Crippen LogP contribution >= 0.6 is 0 Å². The number of benzene rings is 1. The van der Waals surface area contributed by atoms with Crippen LogP contribution in [0.25, 0.3) is 0 Å². The molecule has 140 valence electrons. The first-order chi connectivity index (χ1) is 12.4. The molecule has 1 unspecified atom stereocenters. The van der Waals surface area contributed by atoms with Crippen LogP contribution in [0.1, 0.15) is 35.1 Å². The zero-order chi connectivity index (χ0) is 18.8. The average molecular weight is 366 g/mol. The maximum absolute atomic E-state index is 13.6. The van der Waals surface area contributed by atoms with Crippen LogP contribution in [0.15, 0.2) is 24.3 Å². The molecule has 3 rings (SSSR count). The smallest absolute Gasteiger partial charge is 0.333 e. The molecular weight excluding hydrogens is 345 g/mol. The first-order valence-electron chi connectivity index (χ1n) is 8.47. The Labute approximate surface area is 149 Å². The zero-order valence-corrected chi connectivity index (χ0v) is 14.7. The van der Waals surface area contributed by atoms with Gasteiger partial charge in [-0.3, -0.25) is 4.79 Å². The molecule has 1 saturated heterocycles. The van der Waals surface area contributed by atoms with Gasteiger partial charge in [0.25, 0.3) is 0 Å². The van der Waals surface area contributed by atoms with Gasteiger partial charge in [-0.1, -0.05) is 12.1 Å². The summed E-state index contributed by atoms with van der Waals surface area (Å²) in [7, 11) is 0. The number of aryl methyl sites for hydroxylation is 1. The quantitative estimate of drug-likeness (QED) is 0.905. The van der Waals surface area contributed by atoms with Gasteiger partial charge in [0.05, 0.1) is 18.2 Å². The van der Waals surface area contributed by atoms with Crippen molar-refractivity contribution in [1.82, 2.24) is 20.0 Å². The molecule has 0 radical (unpaired) electrons. The topological polar surface area (TPSA) is 50.2 Å². The highest BCUT2D eigenvalue weighted by molar-refractivity contribution is 5.80. The maximum atomic E-state index is 13.6. The van der Waals surface area contributed by atoms with Crippen LogP contribution in [-0.2, 0) is 11.2 Å². The summed E-state index contributed by atoms with van der Waals surface area (Å²) in [4.78, 5) is 14.6. The van der Waals surface area contributed by atoms with Crippen molar-refractivity contribution < 1.29 is 18.0 Å². The Hall–Kier alpha value is -2.35. The number of amides is 1. The van der Waals surface area contributed by atoms with E-state index in [0.29, 0.717) is 46.8 Å². The largest absolute Gasteiger partial charge is 0.333 e. The van der Waals surface area contributed by atoms with Crippen LogP contribution < -0.4 is 5.32 Å². The fraction of sp³-hybridized carbons (Fsp3) is 0.444. The van der Waals surface area contributed by atoms with Gasteiger partial charge in [-0.25, -0.2) is 9.07 Å². The van der Waals surface area contributed by atoms with Gasteiger partial charge in [-0.2, -0.15) is 13.9 Å². The molecular formula is C18H21F3N4O. The van der Waals surface area contributed by atoms with Crippen molar-refractivity contribution in [3.63, 3.8) is 0 Å². The van der Waals surface area contributed by atoms with Crippen molar-refractivity contribution >= 4 is 5.91 Å². The predicted octanol–water partition coefficient (Wildman–Crippen LogP) is 2.75. The first-order valence-corrected chi connectivity index (χ1v) is 8.47. The fourth-order valence-corrected chi connectivity index (χ4v) is 3.41. The minimum absolute atomic E-state index is 0.00377. The van der Waals surface area contributed by atoms with E-state index in [0.717, 1.165) is 0 Å². The van der Waals surface area contributed by atoms with Gasteiger partial charge in [0.15, 0.2) is 0 Å². The maximum Gasteiger partial charge on any atom is 0.333 e. The molecule has 1 fully saturated rings. The van der Waals surface area contributed by atoms with Gasteiger partial charge >= 0.3 is 6.55 Å². The summed E-state index contributed by atoms with van der Waals surface area (Å²) >= 11 is 0. The highest BCUT2D eigenvalue weighted by atomic mass is 19.3. The zero-order valence-electron chi connectivity index (χ0n) is 14.7. The summed E-state index contributed by atoms with van der Waals surface area (Å²) in [5, 5.41) is 7.04. The monoisotopic (exact) mass is 366 g/mol. The number of aromatic nitrogens is 2. The van der Waals surface area contributed by atoms with Gasteiger partial charge in [0.1, 0.15) is 5.82 Å². The van der Waals surface area contributed by atoms with Gasteiger partial charge in [0.2, 0.25) is 5.91 Å². The molecule has 5 nitrogen and oxygen atoms in total. The van der Waals surface area contributed by atoms with Crippen LogP contribution in [0.5, 0.6) is 0 Å². The van der Waals surface area contributed by atoms with Crippen molar-refractivity contribution in [2.24, 2.45) is 0 Å².